The van der Waals surface area contributed by atoms with Crippen LogP contribution in [0.4, 0.5) is 0 Å². The topological polar surface area (TPSA) is 239 Å². The summed E-state index contributed by atoms with van der Waals surface area (Å²) in [6, 6.07) is 10.4. The van der Waals surface area contributed by atoms with E-state index in [1.54, 1.807) is 37.7 Å². The van der Waals surface area contributed by atoms with Gasteiger partial charge in [-0.3, -0.25) is 38.4 Å². The molecule has 7 aliphatic rings. The number of carbonyl (C=O) groups is 8. The lowest BCUT2D eigenvalue weighted by Gasteiger charge is -2.35. The first-order valence-corrected chi connectivity index (χ1v) is 29.6. The summed E-state index contributed by atoms with van der Waals surface area (Å²) in [5.74, 6) is -2.99. The standard InChI is InChI=1S/C60H86N10O8/c1-35(61-3)53(71)67-51(39-17-7-5-8-18-39)59(77)69-33-43(31-49(69)57(75)65-47-29-27-37-15-11-13-21-45(37)47)63-55(73)41-23-25-42(26-24-41)56(74)64-44-32-50(58(76)66-48-30-28-38-16-12-14-22-46(38)48)70(34-44)60(78)52(40-19-9-6-10-20-40)68-54(72)36(2)62-4/h11-16,21-22,35-36,39-44,47-52,61-62H,5-10,17-20,23-34H2,1-4H3,(H,63,73)(H,64,74)(H,65,75)(H,66,76)(H,67,71)(H,68,72)/t35-,36-,41?,42?,43-,44?,47+,48+,49-,50-,51-,52-/m0/s1. The Morgan fingerprint density at radius 2 is 0.833 bits per heavy atom. The summed E-state index contributed by atoms with van der Waals surface area (Å²) in [5.41, 5.74) is 4.53. The normalized spacial score (nSPS) is 27.8. The SMILES string of the molecule is CN[C@@H](C)C(=O)N[C@H](C(=O)N1CC(NC(=O)C2CCC(C(=O)N[C@H]3C[C@@H](C(=O)N[C@@H]4CCc5ccccc54)N(C(=O)[C@@H](NC(=O)[C@H](C)NC)C4CCCCC4)C3)CC2)C[C@H]1C(=O)N[C@@H]1CCc2ccccc21)C1CCCCC1. The molecule has 0 radical (unpaired) electrons. The second-order valence-electron chi connectivity index (χ2n) is 23.8. The molecule has 10 atom stereocenters. The third-order valence-corrected chi connectivity index (χ3v) is 18.9. The highest BCUT2D eigenvalue weighted by molar-refractivity contribution is 5.95. The number of likely N-dealkylation sites (N-methyl/N-ethyl adjacent to an activating group) is 2. The molecular weight excluding hydrogens is 989 g/mol. The molecule has 2 aliphatic heterocycles. The highest BCUT2D eigenvalue weighted by Crippen LogP contribution is 2.36. The van der Waals surface area contributed by atoms with Gasteiger partial charge >= 0.3 is 0 Å². The fraction of sp³-hybridized carbons (Fsp3) is 0.667. The van der Waals surface area contributed by atoms with Crippen molar-refractivity contribution in [3.8, 4) is 0 Å². The van der Waals surface area contributed by atoms with Crippen LogP contribution in [0.2, 0.25) is 0 Å². The molecule has 0 bridgehead atoms. The first-order chi connectivity index (χ1) is 37.7. The molecule has 2 aromatic rings. The molecule has 8 N–H and O–H groups in total. The molecule has 5 aliphatic carbocycles. The van der Waals surface area contributed by atoms with Crippen LogP contribution in [-0.2, 0) is 51.2 Å². The first-order valence-electron chi connectivity index (χ1n) is 29.6. The maximum Gasteiger partial charge on any atom is 0.246 e. The zero-order valence-electron chi connectivity index (χ0n) is 46.4. The molecule has 18 nitrogen and oxygen atoms in total. The van der Waals surface area contributed by atoms with Gasteiger partial charge in [-0.15, -0.1) is 0 Å². The summed E-state index contributed by atoms with van der Waals surface area (Å²) in [6.45, 7) is 3.75. The maximum atomic E-state index is 14.9. The molecule has 9 rings (SSSR count). The van der Waals surface area contributed by atoms with Gasteiger partial charge in [-0.2, -0.15) is 0 Å². The molecule has 18 heteroatoms. The van der Waals surface area contributed by atoms with Crippen molar-refractivity contribution >= 4 is 47.3 Å². The Bertz CT molecular complexity index is 2340. The van der Waals surface area contributed by atoms with Crippen LogP contribution in [0.5, 0.6) is 0 Å². The van der Waals surface area contributed by atoms with Crippen LogP contribution in [0.25, 0.3) is 0 Å². The third kappa shape index (κ3) is 13.1. The van der Waals surface area contributed by atoms with E-state index >= 15 is 0 Å². The van der Waals surface area contributed by atoms with E-state index in [1.165, 1.54) is 11.1 Å². The number of carbonyl (C=O) groups excluding carboxylic acids is 8. The van der Waals surface area contributed by atoms with Crippen molar-refractivity contribution in [2.45, 2.75) is 203 Å². The predicted octanol–water partition coefficient (Wildman–Crippen LogP) is 3.92. The summed E-state index contributed by atoms with van der Waals surface area (Å²) in [5, 5.41) is 25.0. The Morgan fingerprint density at radius 3 is 1.21 bits per heavy atom. The number of fused-ring (bicyclic) bond motifs is 2. The zero-order chi connectivity index (χ0) is 55.0. The number of aryl methyl sites for hydroxylation is 2. The van der Waals surface area contributed by atoms with Gasteiger partial charge in [0.1, 0.15) is 24.2 Å². The molecule has 0 aromatic heterocycles. The lowest BCUT2D eigenvalue weighted by Crippen LogP contribution is -2.58. The molecule has 1 unspecified atom stereocenters. The average molecular weight is 1080 g/mol. The zero-order valence-corrected chi connectivity index (χ0v) is 46.4. The summed E-state index contributed by atoms with van der Waals surface area (Å²) in [6.07, 6.45) is 14.6. The molecule has 0 spiro atoms. The first kappa shape index (κ1) is 56.8. The highest BCUT2D eigenvalue weighted by atomic mass is 16.2. The van der Waals surface area contributed by atoms with E-state index < -0.39 is 48.3 Å². The van der Waals surface area contributed by atoms with Crippen molar-refractivity contribution < 1.29 is 38.4 Å². The molecule has 78 heavy (non-hydrogen) atoms. The van der Waals surface area contributed by atoms with Crippen LogP contribution in [0.1, 0.15) is 164 Å². The van der Waals surface area contributed by atoms with Crippen molar-refractivity contribution in [2.75, 3.05) is 27.2 Å². The van der Waals surface area contributed by atoms with Crippen LogP contribution in [0.15, 0.2) is 48.5 Å². The molecule has 2 saturated heterocycles. The Kier molecular flexibility index (Phi) is 18.9. The summed E-state index contributed by atoms with van der Waals surface area (Å²) in [7, 11) is 3.40. The van der Waals surface area contributed by atoms with E-state index in [-0.39, 0.29) is 109 Å². The molecule has 2 heterocycles. The second-order valence-corrected chi connectivity index (χ2v) is 23.8. The van der Waals surface area contributed by atoms with Gasteiger partial charge in [0.15, 0.2) is 0 Å². The van der Waals surface area contributed by atoms with Crippen molar-refractivity contribution in [1.82, 2.24) is 52.3 Å². The van der Waals surface area contributed by atoms with E-state index in [9.17, 15) is 38.4 Å². The Hall–Kier alpha value is -5.88. The average Bonchev–Trinajstić information content (AvgIpc) is 4.31. The van der Waals surface area contributed by atoms with Crippen molar-refractivity contribution in [3.63, 3.8) is 0 Å². The number of likely N-dealkylation sites (tertiary alicyclic amines) is 2. The molecule has 5 fully saturated rings. The minimum absolute atomic E-state index is 0.0767. The molecule has 2 aromatic carbocycles. The number of nitrogens with zero attached hydrogens (tertiary/aromatic N) is 2. The van der Waals surface area contributed by atoms with Crippen LogP contribution >= 0.6 is 0 Å². The van der Waals surface area contributed by atoms with Gasteiger partial charge in [0.25, 0.3) is 0 Å². The van der Waals surface area contributed by atoms with Crippen LogP contribution in [0.3, 0.4) is 0 Å². The van der Waals surface area contributed by atoms with Gasteiger partial charge < -0.3 is 52.3 Å². The van der Waals surface area contributed by atoms with E-state index in [2.05, 4.69) is 54.7 Å². The number of amides is 8. The van der Waals surface area contributed by atoms with Gasteiger partial charge in [0, 0.05) is 37.0 Å². The summed E-state index contributed by atoms with van der Waals surface area (Å²) in [4.78, 5) is 117. The number of nitrogens with one attached hydrogen (secondary N) is 8. The van der Waals surface area contributed by atoms with Gasteiger partial charge in [-0.25, -0.2) is 0 Å². The predicted molar refractivity (Wildman–Crippen MR) is 295 cm³/mol. The number of hydrogen-bond acceptors (Lipinski definition) is 10. The monoisotopic (exact) mass is 1070 g/mol. The van der Waals surface area contributed by atoms with Crippen molar-refractivity contribution in [2.24, 2.45) is 23.7 Å². The fourth-order valence-electron chi connectivity index (χ4n) is 13.9. The summed E-state index contributed by atoms with van der Waals surface area (Å²) < 4.78 is 0. The minimum Gasteiger partial charge on any atom is -0.351 e. The number of rotatable bonds is 18. The van der Waals surface area contributed by atoms with Crippen molar-refractivity contribution in [1.29, 1.82) is 0 Å². The lowest BCUT2D eigenvalue weighted by atomic mass is 9.81. The van der Waals surface area contributed by atoms with Crippen LogP contribution < -0.4 is 42.5 Å². The lowest BCUT2D eigenvalue weighted by molar-refractivity contribution is -0.143. The largest absolute Gasteiger partial charge is 0.351 e. The Labute approximate surface area is 460 Å². The van der Waals surface area contributed by atoms with Gasteiger partial charge in [-0.05, 0) is 152 Å². The Balaban J connectivity index is 0.847. The van der Waals surface area contributed by atoms with Gasteiger partial charge in [0.2, 0.25) is 47.3 Å². The molecule has 424 valence electrons. The van der Waals surface area contributed by atoms with Crippen molar-refractivity contribution in [3.05, 3.63) is 70.8 Å². The third-order valence-electron chi connectivity index (χ3n) is 18.9. The van der Waals surface area contributed by atoms with E-state index in [1.807, 2.05) is 36.4 Å². The quantitative estimate of drug-likeness (QED) is 0.107. The minimum atomic E-state index is -0.856. The fourth-order valence-corrected chi connectivity index (χ4v) is 13.9. The Morgan fingerprint density at radius 1 is 0.462 bits per heavy atom. The number of benzene rings is 2. The maximum absolute atomic E-state index is 14.9. The molecule has 3 saturated carbocycles. The van der Waals surface area contributed by atoms with Crippen LogP contribution in [0, 0.1) is 23.7 Å². The highest BCUT2D eigenvalue weighted by Gasteiger charge is 2.48. The van der Waals surface area contributed by atoms with E-state index in [0.29, 0.717) is 25.7 Å². The van der Waals surface area contributed by atoms with E-state index in [4.69, 9.17) is 0 Å². The number of hydrogen-bond donors (Lipinski definition) is 8. The van der Waals surface area contributed by atoms with Gasteiger partial charge in [0.05, 0.1) is 24.2 Å². The van der Waals surface area contributed by atoms with Gasteiger partial charge in [-0.1, -0.05) is 87.1 Å². The second kappa shape index (κ2) is 25.9. The molecule has 8 amide bonds. The van der Waals surface area contributed by atoms with Crippen LogP contribution in [-0.4, -0.2) is 133 Å². The summed E-state index contributed by atoms with van der Waals surface area (Å²) >= 11 is 0. The molecular formula is C60H86N10O8. The smallest absolute Gasteiger partial charge is 0.246 e. The van der Waals surface area contributed by atoms with E-state index in [0.717, 1.165) is 101 Å².